The van der Waals surface area contributed by atoms with Crippen LogP contribution in [0.5, 0.6) is 0 Å². The van der Waals surface area contributed by atoms with Crippen molar-refractivity contribution in [2.45, 2.75) is 65.0 Å². The molecule has 1 aromatic heterocycles. The molecule has 6 heteroatoms. The molecule has 2 aliphatic carbocycles. The van der Waals surface area contributed by atoms with E-state index < -0.39 is 0 Å². The predicted molar refractivity (Wildman–Crippen MR) is 89.2 cm³/mol. The number of aromatic nitrogens is 1. The van der Waals surface area contributed by atoms with Gasteiger partial charge in [0.1, 0.15) is 0 Å². The molecule has 0 aromatic carbocycles. The molecule has 2 amide bonds. The summed E-state index contributed by atoms with van der Waals surface area (Å²) in [5.74, 6) is 1.19. The topological polar surface area (TPSA) is 75.4 Å². The average molecular weight is 333 g/mol. The van der Waals surface area contributed by atoms with Crippen molar-refractivity contribution >= 4 is 11.8 Å². The summed E-state index contributed by atoms with van der Waals surface area (Å²) in [7, 11) is 0. The van der Waals surface area contributed by atoms with Crippen LogP contribution in [0.4, 0.5) is 0 Å². The zero-order valence-electron chi connectivity index (χ0n) is 14.6. The molecule has 0 atom stereocenters. The van der Waals surface area contributed by atoms with Gasteiger partial charge in [-0.1, -0.05) is 31.8 Å². The molecule has 0 unspecified atom stereocenters. The lowest BCUT2D eigenvalue weighted by Crippen LogP contribution is -2.39. The van der Waals surface area contributed by atoms with Crippen molar-refractivity contribution in [3.63, 3.8) is 0 Å². The first-order chi connectivity index (χ1) is 11.5. The van der Waals surface area contributed by atoms with Gasteiger partial charge in [-0.05, 0) is 31.6 Å². The van der Waals surface area contributed by atoms with E-state index in [0.717, 1.165) is 25.7 Å². The van der Waals surface area contributed by atoms with Gasteiger partial charge in [0.15, 0.2) is 11.5 Å². The second-order valence-corrected chi connectivity index (χ2v) is 7.46. The largest absolute Gasteiger partial charge is 0.359 e. The molecule has 1 N–H and O–H groups in total. The van der Waals surface area contributed by atoms with Crippen molar-refractivity contribution in [3.8, 4) is 0 Å². The minimum Gasteiger partial charge on any atom is -0.359 e. The zero-order valence-corrected chi connectivity index (χ0v) is 14.6. The molecule has 0 radical (unpaired) electrons. The van der Waals surface area contributed by atoms with E-state index in [4.69, 9.17) is 4.52 Å². The number of nitrogens with one attached hydrogen (secondary N) is 1. The van der Waals surface area contributed by atoms with Gasteiger partial charge >= 0.3 is 0 Å². The zero-order chi connectivity index (χ0) is 17.1. The van der Waals surface area contributed by atoms with E-state index in [1.54, 1.807) is 6.07 Å². The molecule has 0 saturated heterocycles. The van der Waals surface area contributed by atoms with Crippen molar-refractivity contribution in [1.82, 2.24) is 15.4 Å². The Labute approximate surface area is 142 Å². The van der Waals surface area contributed by atoms with Crippen LogP contribution < -0.4 is 5.32 Å². The molecule has 2 aliphatic rings. The number of carbonyl (C=O) groups is 2. The predicted octanol–water partition coefficient (Wildman–Crippen LogP) is 2.74. The fourth-order valence-electron chi connectivity index (χ4n) is 3.22. The molecule has 132 valence electrons. The first kappa shape index (κ1) is 17.0. The molecular weight excluding hydrogens is 306 g/mol. The quantitative estimate of drug-likeness (QED) is 0.832. The van der Waals surface area contributed by atoms with E-state index in [1.165, 1.54) is 12.8 Å². The second kappa shape index (κ2) is 7.36. The van der Waals surface area contributed by atoms with Crippen molar-refractivity contribution in [2.24, 2.45) is 11.8 Å². The van der Waals surface area contributed by atoms with Crippen LogP contribution in [0.2, 0.25) is 0 Å². The average Bonchev–Trinajstić information content (AvgIpc) is 3.07. The lowest BCUT2D eigenvalue weighted by molar-refractivity contribution is -0.135. The molecule has 0 bridgehead atoms. The van der Waals surface area contributed by atoms with Gasteiger partial charge in [0.25, 0.3) is 5.91 Å². The van der Waals surface area contributed by atoms with Gasteiger partial charge in [-0.3, -0.25) is 9.59 Å². The summed E-state index contributed by atoms with van der Waals surface area (Å²) in [4.78, 5) is 26.6. The monoisotopic (exact) mass is 333 g/mol. The molecule has 6 nitrogen and oxygen atoms in total. The fourth-order valence-corrected chi connectivity index (χ4v) is 3.22. The standard InChI is InChI=1S/C18H27N3O3/c1-12(2)10-19-17(22)16-9-15(24-20-16)11-21(14-5-3-4-6-14)18(23)13-7-8-13/h9,12-14H,3-8,10-11H2,1-2H3,(H,19,22). The van der Waals surface area contributed by atoms with Gasteiger partial charge < -0.3 is 14.7 Å². The second-order valence-electron chi connectivity index (χ2n) is 7.46. The van der Waals surface area contributed by atoms with E-state index in [1.807, 2.05) is 18.7 Å². The van der Waals surface area contributed by atoms with Crippen LogP contribution in [0.3, 0.4) is 0 Å². The SMILES string of the molecule is CC(C)CNC(=O)c1cc(CN(C(=O)C2CC2)C2CCCC2)on1. The van der Waals surface area contributed by atoms with Gasteiger partial charge in [0.05, 0.1) is 6.54 Å². The highest BCUT2D eigenvalue weighted by atomic mass is 16.5. The van der Waals surface area contributed by atoms with Crippen LogP contribution in [0.25, 0.3) is 0 Å². The number of hydrogen-bond donors (Lipinski definition) is 1. The Morgan fingerprint density at radius 3 is 2.62 bits per heavy atom. The van der Waals surface area contributed by atoms with Crippen LogP contribution in [0, 0.1) is 11.8 Å². The van der Waals surface area contributed by atoms with Gasteiger partial charge in [-0.15, -0.1) is 0 Å². The van der Waals surface area contributed by atoms with E-state index in [9.17, 15) is 9.59 Å². The summed E-state index contributed by atoms with van der Waals surface area (Å²) in [6, 6.07) is 1.97. The lowest BCUT2D eigenvalue weighted by Gasteiger charge is -2.28. The van der Waals surface area contributed by atoms with Crippen molar-refractivity contribution in [1.29, 1.82) is 0 Å². The van der Waals surface area contributed by atoms with Crippen LogP contribution in [0.1, 0.15) is 68.6 Å². The molecule has 3 rings (SSSR count). The Balaban J connectivity index is 1.64. The maximum atomic E-state index is 12.6. The highest BCUT2D eigenvalue weighted by Gasteiger charge is 2.37. The Bertz CT molecular complexity index is 586. The first-order valence-corrected chi connectivity index (χ1v) is 9.09. The summed E-state index contributed by atoms with van der Waals surface area (Å²) >= 11 is 0. The van der Waals surface area contributed by atoms with Crippen LogP contribution in [-0.4, -0.2) is 34.5 Å². The van der Waals surface area contributed by atoms with Crippen molar-refractivity contribution < 1.29 is 14.1 Å². The molecule has 1 heterocycles. The Morgan fingerprint density at radius 2 is 2.00 bits per heavy atom. The van der Waals surface area contributed by atoms with Crippen molar-refractivity contribution in [2.75, 3.05) is 6.54 Å². The van der Waals surface area contributed by atoms with E-state index in [-0.39, 0.29) is 23.4 Å². The number of amides is 2. The summed E-state index contributed by atoms with van der Waals surface area (Å²) in [6.07, 6.45) is 6.49. The molecule has 24 heavy (non-hydrogen) atoms. The molecule has 0 spiro atoms. The number of rotatable bonds is 7. The van der Waals surface area contributed by atoms with E-state index in [0.29, 0.717) is 30.8 Å². The fraction of sp³-hybridized carbons (Fsp3) is 0.722. The smallest absolute Gasteiger partial charge is 0.273 e. The summed E-state index contributed by atoms with van der Waals surface area (Å²) in [5.41, 5.74) is 0.288. The molecule has 1 aromatic rings. The highest BCUT2D eigenvalue weighted by molar-refractivity contribution is 5.92. The number of hydrogen-bond acceptors (Lipinski definition) is 4. The minimum atomic E-state index is -0.223. The van der Waals surface area contributed by atoms with Gasteiger partial charge in [0, 0.05) is 24.6 Å². The van der Waals surface area contributed by atoms with Gasteiger partial charge in [-0.25, -0.2) is 0 Å². The maximum absolute atomic E-state index is 12.6. The van der Waals surface area contributed by atoms with Crippen LogP contribution in [0.15, 0.2) is 10.6 Å². The summed E-state index contributed by atoms with van der Waals surface area (Å²) in [5, 5.41) is 6.70. The third-order valence-electron chi connectivity index (χ3n) is 4.76. The molecule has 2 fully saturated rings. The molecular formula is C18H27N3O3. The maximum Gasteiger partial charge on any atom is 0.273 e. The van der Waals surface area contributed by atoms with Crippen LogP contribution >= 0.6 is 0 Å². The molecule has 2 saturated carbocycles. The van der Waals surface area contributed by atoms with Crippen molar-refractivity contribution in [3.05, 3.63) is 17.5 Å². The van der Waals surface area contributed by atoms with Gasteiger partial charge in [0.2, 0.25) is 5.91 Å². The molecule has 0 aliphatic heterocycles. The number of nitrogens with zero attached hydrogens (tertiary/aromatic N) is 2. The Hall–Kier alpha value is -1.85. The van der Waals surface area contributed by atoms with Gasteiger partial charge in [-0.2, -0.15) is 0 Å². The first-order valence-electron chi connectivity index (χ1n) is 9.09. The van der Waals surface area contributed by atoms with Crippen LogP contribution in [-0.2, 0) is 11.3 Å². The third kappa shape index (κ3) is 4.16. The summed E-state index contributed by atoms with van der Waals surface area (Å²) in [6.45, 7) is 5.11. The normalized spacial score (nSPS) is 18.1. The third-order valence-corrected chi connectivity index (χ3v) is 4.76. The number of carbonyl (C=O) groups excluding carboxylic acids is 2. The minimum absolute atomic E-state index is 0.197. The summed E-state index contributed by atoms with van der Waals surface area (Å²) < 4.78 is 5.33. The lowest BCUT2D eigenvalue weighted by atomic mass is 10.1. The highest BCUT2D eigenvalue weighted by Crippen LogP contribution is 2.35. The Kier molecular flexibility index (Phi) is 5.21. The van der Waals surface area contributed by atoms with E-state index in [2.05, 4.69) is 10.5 Å². The Morgan fingerprint density at radius 1 is 1.29 bits per heavy atom. The van der Waals surface area contributed by atoms with E-state index >= 15 is 0 Å².